The number of alkyl carbamates (subject to hydrolysis) is 1. The fraction of sp³-hybridized carbons (Fsp3) is 0.452. The van der Waals surface area contributed by atoms with E-state index in [9.17, 15) is 14.4 Å². The first-order valence-electron chi connectivity index (χ1n) is 13.3. The summed E-state index contributed by atoms with van der Waals surface area (Å²) >= 11 is 7.99. The molecule has 3 amide bonds. The van der Waals surface area contributed by atoms with Crippen molar-refractivity contribution < 1.29 is 19.1 Å². The van der Waals surface area contributed by atoms with Crippen LogP contribution in [0.2, 0.25) is 5.02 Å². The minimum atomic E-state index is -1.07. The highest BCUT2D eigenvalue weighted by atomic mass is 35.5. The molecule has 0 radical (unpaired) electrons. The number of hydrogen-bond donors (Lipinski definition) is 2. The van der Waals surface area contributed by atoms with Gasteiger partial charge in [-0.15, -0.1) is 6.42 Å². The number of rotatable bonds is 12. The fourth-order valence-corrected chi connectivity index (χ4v) is 4.88. The molecule has 0 aliphatic rings. The van der Waals surface area contributed by atoms with Gasteiger partial charge in [-0.25, -0.2) is 4.79 Å². The van der Waals surface area contributed by atoms with Crippen LogP contribution in [0.5, 0.6) is 0 Å². The van der Waals surface area contributed by atoms with Crippen molar-refractivity contribution in [3.8, 4) is 12.3 Å². The van der Waals surface area contributed by atoms with Crippen molar-refractivity contribution in [2.75, 3.05) is 23.9 Å². The Morgan fingerprint density at radius 2 is 1.85 bits per heavy atom. The van der Waals surface area contributed by atoms with Gasteiger partial charge in [-0.2, -0.15) is 11.8 Å². The summed E-state index contributed by atoms with van der Waals surface area (Å²) < 4.78 is 5.45. The third-order valence-corrected chi connectivity index (χ3v) is 7.04. The van der Waals surface area contributed by atoms with Crippen LogP contribution >= 0.6 is 23.4 Å². The number of terminal acetylenes is 1. The highest BCUT2D eigenvalue weighted by molar-refractivity contribution is 7.98. The Kier molecular flexibility index (Phi) is 12.9. The lowest BCUT2D eigenvalue weighted by Gasteiger charge is -2.35. The summed E-state index contributed by atoms with van der Waals surface area (Å²) in [7, 11) is 0. The zero-order chi connectivity index (χ0) is 29.9. The summed E-state index contributed by atoms with van der Waals surface area (Å²) in [5, 5.41) is 6.08. The van der Waals surface area contributed by atoms with Crippen LogP contribution in [0.25, 0.3) is 0 Å². The molecule has 0 bridgehead atoms. The molecule has 2 atom stereocenters. The van der Waals surface area contributed by atoms with E-state index in [1.54, 1.807) is 68.9 Å². The van der Waals surface area contributed by atoms with Gasteiger partial charge in [-0.3, -0.25) is 9.59 Å². The number of para-hydroxylation sites is 1. The van der Waals surface area contributed by atoms with Crippen molar-refractivity contribution in [3.05, 3.63) is 64.2 Å². The van der Waals surface area contributed by atoms with Crippen LogP contribution in [0.15, 0.2) is 42.5 Å². The zero-order valence-corrected chi connectivity index (χ0v) is 25.7. The van der Waals surface area contributed by atoms with Gasteiger partial charge in [0.25, 0.3) is 5.91 Å². The first-order valence-corrected chi connectivity index (χ1v) is 15.1. The first-order chi connectivity index (χ1) is 18.9. The molecule has 0 aliphatic carbocycles. The molecule has 40 heavy (non-hydrogen) atoms. The van der Waals surface area contributed by atoms with Crippen LogP contribution in [0.3, 0.4) is 0 Å². The van der Waals surface area contributed by atoms with Crippen molar-refractivity contribution in [2.45, 2.75) is 71.6 Å². The maximum atomic E-state index is 14.3. The number of nitrogens with one attached hydrogen (secondary N) is 2. The van der Waals surface area contributed by atoms with Crippen LogP contribution < -0.4 is 10.6 Å². The Hall–Kier alpha value is -3.15. The number of ether oxygens (including phenoxy) is 1. The monoisotopic (exact) mass is 585 g/mol. The third kappa shape index (κ3) is 9.50. The van der Waals surface area contributed by atoms with E-state index in [0.717, 1.165) is 12.0 Å². The number of carbonyl (C=O) groups is 3. The number of carbonyl (C=O) groups excluding carboxylic acids is 3. The zero-order valence-electron chi connectivity index (χ0n) is 24.2. The largest absolute Gasteiger partial charge is 0.444 e. The Labute approximate surface area is 247 Å². The molecule has 2 aromatic carbocycles. The number of amides is 3. The van der Waals surface area contributed by atoms with E-state index >= 15 is 0 Å². The number of anilines is 1. The van der Waals surface area contributed by atoms with E-state index in [1.165, 1.54) is 4.90 Å². The number of benzene rings is 2. The number of unbranched alkanes of at least 4 members (excludes halogenated alkanes) is 1. The number of thioether (sulfide) groups is 1. The Bertz CT molecular complexity index is 1200. The van der Waals surface area contributed by atoms with E-state index in [4.69, 9.17) is 22.8 Å². The van der Waals surface area contributed by atoms with Gasteiger partial charge in [0.1, 0.15) is 17.7 Å². The van der Waals surface area contributed by atoms with Crippen LogP contribution in [0.1, 0.15) is 69.7 Å². The number of nitrogens with zero attached hydrogens (tertiary/aromatic N) is 1. The summed E-state index contributed by atoms with van der Waals surface area (Å²) in [4.78, 5) is 42.6. The average Bonchev–Trinajstić information content (AvgIpc) is 2.89. The van der Waals surface area contributed by atoms with E-state index < -0.39 is 35.6 Å². The molecule has 0 aromatic heterocycles. The molecule has 9 heteroatoms. The standard InChI is InChI=1S/C31H40ClN3O4S/c1-8-10-19-35(29(37)25(18-20-40-7)33-30(38)39-31(4,5)6)27(23-16-12-11-15-22(23)9-2)28(36)34-26-21(3)14-13-17-24(26)32/h2,11-17,25,27H,8,10,18-20H2,1,3-7H3,(H,33,38)(H,34,36). The van der Waals surface area contributed by atoms with Gasteiger partial charge < -0.3 is 20.3 Å². The van der Waals surface area contributed by atoms with Crippen molar-refractivity contribution >= 4 is 47.0 Å². The van der Waals surface area contributed by atoms with Crippen LogP contribution in [-0.2, 0) is 14.3 Å². The van der Waals surface area contributed by atoms with Gasteiger partial charge in [0, 0.05) is 12.1 Å². The Morgan fingerprint density at radius 1 is 1.15 bits per heavy atom. The molecule has 2 unspecified atom stereocenters. The molecule has 0 saturated heterocycles. The lowest BCUT2D eigenvalue weighted by atomic mass is 9.96. The smallest absolute Gasteiger partial charge is 0.408 e. The maximum Gasteiger partial charge on any atom is 0.408 e. The molecule has 0 spiro atoms. The van der Waals surface area contributed by atoms with Gasteiger partial charge in [-0.1, -0.05) is 61.2 Å². The minimum Gasteiger partial charge on any atom is -0.444 e. The third-order valence-electron chi connectivity index (χ3n) is 6.08. The van der Waals surface area contributed by atoms with Crippen LogP contribution in [-0.4, -0.2) is 53.0 Å². The fourth-order valence-electron chi connectivity index (χ4n) is 4.14. The summed E-state index contributed by atoms with van der Waals surface area (Å²) in [6, 6.07) is 10.4. The molecule has 0 heterocycles. The Morgan fingerprint density at radius 3 is 2.45 bits per heavy atom. The second kappa shape index (κ2) is 15.6. The highest BCUT2D eigenvalue weighted by Gasteiger charge is 2.37. The van der Waals surface area contributed by atoms with Gasteiger partial charge in [0.05, 0.1) is 10.7 Å². The SMILES string of the molecule is C#Cc1ccccc1C(C(=O)Nc1c(C)cccc1Cl)N(CCCC)C(=O)C(CCSC)NC(=O)OC(C)(C)C. The predicted octanol–water partition coefficient (Wildman–Crippen LogP) is 6.58. The average molecular weight is 586 g/mol. The van der Waals surface area contributed by atoms with Crippen molar-refractivity contribution in [3.63, 3.8) is 0 Å². The number of aryl methyl sites for hydroxylation is 1. The number of halogens is 1. The summed E-state index contributed by atoms with van der Waals surface area (Å²) in [5.41, 5.74) is 1.51. The molecule has 0 aliphatic heterocycles. The quantitative estimate of drug-likeness (QED) is 0.275. The van der Waals surface area contributed by atoms with Crippen molar-refractivity contribution in [2.24, 2.45) is 0 Å². The molecular weight excluding hydrogens is 546 g/mol. The van der Waals surface area contributed by atoms with E-state index in [-0.39, 0.29) is 6.54 Å². The molecule has 2 N–H and O–H groups in total. The first kappa shape index (κ1) is 33.1. The van der Waals surface area contributed by atoms with Crippen molar-refractivity contribution in [1.82, 2.24) is 10.2 Å². The van der Waals surface area contributed by atoms with Crippen molar-refractivity contribution in [1.29, 1.82) is 0 Å². The Balaban J connectivity index is 2.61. The minimum absolute atomic E-state index is 0.277. The summed E-state index contributed by atoms with van der Waals surface area (Å²) in [6.45, 7) is 9.39. The van der Waals surface area contributed by atoms with Gasteiger partial charge >= 0.3 is 6.09 Å². The summed E-state index contributed by atoms with van der Waals surface area (Å²) in [5.74, 6) is 2.42. The lowest BCUT2D eigenvalue weighted by Crippen LogP contribution is -2.53. The van der Waals surface area contributed by atoms with Crippen LogP contribution in [0, 0.1) is 19.3 Å². The molecule has 2 aromatic rings. The second-order valence-electron chi connectivity index (χ2n) is 10.4. The van der Waals surface area contributed by atoms with Gasteiger partial charge in [0.2, 0.25) is 5.91 Å². The summed E-state index contributed by atoms with van der Waals surface area (Å²) in [6.07, 6.45) is 8.85. The number of hydrogen-bond acceptors (Lipinski definition) is 5. The van der Waals surface area contributed by atoms with E-state index in [1.807, 2.05) is 26.2 Å². The highest BCUT2D eigenvalue weighted by Crippen LogP contribution is 2.31. The molecule has 2 rings (SSSR count). The topological polar surface area (TPSA) is 87.7 Å². The predicted molar refractivity (Wildman–Crippen MR) is 165 cm³/mol. The molecule has 0 saturated carbocycles. The molecular formula is C31H40ClN3O4S. The molecule has 7 nitrogen and oxygen atoms in total. The van der Waals surface area contributed by atoms with E-state index in [0.29, 0.717) is 40.4 Å². The molecule has 216 valence electrons. The maximum absolute atomic E-state index is 14.3. The second-order valence-corrected chi connectivity index (χ2v) is 11.8. The normalized spacial score (nSPS) is 12.6. The van der Waals surface area contributed by atoms with Crippen LogP contribution in [0.4, 0.5) is 10.5 Å². The van der Waals surface area contributed by atoms with E-state index in [2.05, 4.69) is 16.6 Å². The van der Waals surface area contributed by atoms with Gasteiger partial charge in [-0.05, 0) is 75.8 Å². The molecule has 0 fully saturated rings. The lowest BCUT2D eigenvalue weighted by molar-refractivity contribution is -0.141. The van der Waals surface area contributed by atoms with Gasteiger partial charge in [0.15, 0.2) is 0 Å².